The van der Waals surface area contributed by atoms with Crippen molar-refractivity contribution in [2.45, 2.75) is 32.2 Å². The fourth-order valence-electron chi connectivity index (χ4n) is 2.01. The van der Waals surface area contributed by atoms with E-state index in [1.165, 1.54) is 18.4 Å². The summed E-state index contributed by atoms with van der Waals surface area (Å²) in [6.45, 7) is 0.966. The van der Waals surface area contributed by atoms with Crippen LogP contribution in [0.5, 0.6) is 5.75 Å². The second kappa shape index (κ2) is 8.57. The first-order chi connectivity index (χ1) is 11.8. The van der Waals surface area contributed by atoms with Gasteiger partial charge in [0, 0.05) is 6.54 Å². The van der Waals surface area contributed by atoms with E-state index in [-0.39, 0.29) is 11.7 Å². The van der Waals surface area contributed by atoms with Gasteiger partial charge in [-0.05, 0) is 36.8 Å². The number of rotatable bonds is 8. The summed E-state index contributed by atoms with van der Waals surface area (Å²) >= 11 is 0. The lowest BCUT2D eigenvalue weighted by molar-refractivity contribution is -0.153. The molecule has 1 amide bonds. The summed E-state index contributed by atoms with van der Waals surface area (Å²) in [5.74, 6) is 0.572. The normalized spacial score (nSPS) is 12.6. The van der Waals surface area contributed by atoms with Crippen LogP contribution in [0.3, 0.4) is 0 Å². The minimum atomic E-state index is -4.38. The lowest BCUT2D eigenvalue weighted by atomic mass is 10.2. The number of furan rings is 1. The number of carbonyl (C=O) groups is 1. The Kier molecular flexibility index (Phi) is 6.46. The Balaban J connectivity index is 1.78. The molecule has 25 heavy (non-hydrogen) atoms. The van der Waals surface area contributed by atoms with E-state index >= 15 is 0 Å². The molecule has 0 spiro atoms. The minimum Gasteiger partial charge on any atom is -0.484 e. The van der Waals surface area contributed by atoms with E-state index in [4.69, 9.17) is 9.15 Å². The van der Waals surface area contributed by atoms with Crippen molar-refractivity contribution in [1.82, 2.24) is 10.6 Å². The molecule has 0 aliphatic carbocycles. The lowest BCUT2D eigenvalue weighted by Crippen LogP contribution is -2.41. The fourth-order valence-corrected chi connectivity index (χ4v) is 2.01. The zero-order valence-corrected chi connectivity index (χ0v) is 13.6. The van der Waals surface area contributed by atoms with Gasteiger partial charge < -0.3 is 19.8 Å². The summed E-state index contributed by atoms with van der Waals surface area (Å²) in [6, 6.07) is 9.31. The largest absolute Gasteiger partial charge is 0.484 e. The highest BCUT2D eigenvalue weighted by atomic mass is 19.4. The van der Waals surface area contributed by atoms with Crippen LogP contribution in [0.25, 0.3) is 0 Å². The highest BCUT2D eigenvalue weighted by molar-refractivity contribution is 5.81. The zero-order valence-electron chi connectivity index (χ0n) is 13.6. The molecule has 0 bridgehead atoms. The Labute approximate surface area is 143 Å². The van der Waals surface area contributed by atoms with Crippen molar-refractivity contribution < 1.29 is 27.1 Å². The average Bonchev–Trinajstić information content (AvgIpc) is 3.09. The number of benzene rings is 1. The SMILES string of the molecule is CC(NCc1cccc(OCC(F)(F)F)c1)C(=O)NCc1ccco1. The molecular weight excluding hydrogens is 337 g/mol. The molecule has 1 aromatic heterocycles. The van der Waals surface area contributed by atoms with Crippen molar-refractivity contribution in [3.8, 4) is 5.75 Å². The lowest BCUT2D eigenvalue weighted by Gasteiger charge is -2.14. The van der Waals surface area contributed by atoms with Crippen molar-refractivity contribution in [2.75, 3.05) is 6.61 Å². The summed E-state index contributed by atoms with van der Waals surface area (Å²) in [4.78, 5) is 12.0. The summed E-state index contributed by atoms with van der Waals surface area (Å²) in [7, 11) is 0. The van der Waals surface area contributed by atoms with Crippen molar-refractivity contribution in [2.24, 2.45) is 0 Å². The van der Waals surface area contributed by atoms with Gasteiger partial charge in [0.15, 0.2) is 6.61 Å². The molecule has 0 radical (unpaired) electrons. The molecule has 136 valence electrons. The molecule has 1 aromatic carbocycles. The van der Waals surface area contributed by atoms with Gasteiger partial charge in [-0.2, -0.15) is 13.2 Å². The van der Waals surface area contributed by atoms with Gasteiger partial charge in [0.1, 0.15) is 11.5 Å². The first kappa shape index (κ1) is 18.9. The third-order valence-electron chi connectivity index (χ3n) is 3.32. The molecule has 5 nitrogen and oxygen atoms in total. The molecule has 2 aromatic rings. The van der Waals surface area contributed by atoms with Gasteiger partial charge in [0.2, 0.25) is 5.91 Å². The van der Waals surface area contributed by atoms with E-state index in [1.54, 1.807) is 31.2 Å². The van der Waals surface area contributed by atoms with Gasteiger partial charge in [-0.15, -0.1) is 0 Å². The highest BCUT2D eigenvalue weighted by Crippen LogP contribution is 2.19. The van der Waals surface area contributed by atoms with Crippen LogP contribution >= 0.6 is 0 Å². The van der Waals surface area contributed by atoms with Crippen LogP contribution in [0.4, 0.5) is 13.2 Å². The second-order valence-electron chi connectivity index (χ2n) is 5.45. The molecule has 8 heteroatoms. The molecule has 0 fully saturated rings. The molecule has 0 saturated carbocycles. The monoisotopic (exact) mass is 356 g/mol. The minimum absolute atomic E-state index is 0.131. The van der Waals surface area contributed by atoms with Gasteiger partial charge >= 0.3 is 6.18 Å². The molecule has 1 heterocycles. The topological polar surface area (TPSA) is 63.5 Å². The maximum Gasteiger partial charge on any atom is 0.422 e. The zero-order chi connectivity index (χ0) is 18.3. The summed E-state index contributed by atoms with van der Waals surface area (Å²) < 4.78 is 46.3. The number of hydrogen-bond acceptors (Lipinski definition) is 4. The Morgan fingerprint density at radius 1 is 1.24 bits per heavy atom. The Hall–Kier alpha value is -2.48. The molecule has 1 unspecified atom stereocenters. The predicted octanol–water partition coefficient (Wildman–Crippen LogP) is 3.02. The molecule has 0 saturated heterocycles. The van der Waals surface area contributed by atoms with E-state index in [0.29, 0.717) is 24.4 Å². The average molecular weight is 356 g/mol. The Bertz CT molecular complexity index is 672. The smallest absolute Gasteiger partial charge is 0.422 e. The van der Waals surface area contributed by atoms with Crippen LogP contribution in [-0.2, 0) is 17.9 Å². The number of halogens is 3. The molecule has 2 N–H and O–H groups in total. The molecule has 0 aliphatic heterocycles. The number of nitrogens with one attached hydrogen (secondary N) is 2. The number of carbonyl (C=O) groups excluding carboxylic acids is 1. The molecular formula is C17H19F3N2O3. The van der Waals surface area contributed by atoms with Gasteiger partial charge in [0.25, 0.3) is 0 Å². The van der Waals surface area contributed by atoms with Crippen LogP contribution in [0.15, 0.2) is 47.1 Å². The number of ether oxygens (including phenoxy) is 1. The van der Waals surface area contributed by atoms with Crippen LogP contribution in [0, 0.1) is 0 Å². The first-order valence-corrected chi connectivity index (χ1v) is 7.65. The van der Waals surface area contributed by atoms with E-state index in [0.717, 1.165) is 0 Å². The third kappa shape index (κ3) is 6.88. The van der Waals surface area contributed by atoms with Crippen molar-refractivity contribution in [3.63, 3.8) is 0 Å². The molecule has 0 aliphatic rings. The van der Waals surface area contributed by atoms with Crippen LogP contribution in [-0.4, -0.2) is 24.7 Å². The van der Waals surface area contributed by atoms with E-state index in [1.807, 2.05) is 0 Å². The van der Waals surface area contributed by atoms with E-state index < -0.39 is 18.8 Å². The van der Waals surface area contributed by atoms with Gasteiger partial charge in [-0.25, -0.2) is 0 Å². The maximum absolute atomic E-state index is 12.2. The van der Waals surface area contributed by atoms with Crippen LogP contribution < -0.4 is 15.4 Å². The summed E-state index contributed by atoms with van der Waals surface area (Å²) in [6.07, 6.45) is -2.86. The van der Waals surface area contributed by atoms with Gasteiger partial charge in [-0.1, -0.05) is 12.1 Å². The first-order valence-electron chi connectivity index (χ1n) is 7.65. The third-order valence-corrected chi connectivity index (χ3v) is 3.32. The van der Waals surface area contributed by atoms with Crippen molar-refractivity contribution in [3.05, 3.63) is 54.0 Å². The van der Waals surface area contributed by atoms with Crippen molar-refractivity contribution >= 4 is 5.91 Å². The van der Waals surface area contributed by atoms with Gasteiger partial charge in [0.05, 0.1) is 18.8 Å². The predicted molar refractivity (Wildman–Crippen MR) is 84.8 cm³/mol. The second-order valence-corrected chi connectivity index (χ2v) is 5.45. The number of alkyl halides is 3. The number of hydrogen-bond donors (Lipinski definition) is 2. The van der Waals surface area contributed by atoms with E-state index in [9.17, 15) is 18.0 Å². The number of amides is 1. The molecule has 2 rings (SSSR count). The molecule has 1 atom stereocenters. The summed E-state index contributed by atoms with van der Waals surface area (Å²) in [5.41, 5.74) is 0.713. The quantitative estimate of drug-likeness (QED) is 0.763. The Morgan fingerprint density at radius 3 is 2.72 bits per heavy atom. The van der Waals surface area contributed by atoms with Gasteiger partial charge in [-0.3, -0.25) is 4.79 Å². The Morgan fingerprint density at radius 2 is 2.04 bits per heavy atom. The van der Waals surface area contributed by atoms with Crippen molar-refractivity contribution in [1.29, 1.82) is 0 Å². The fraction of sp³-hybridized carbons (Fsp3) is 0.353. The van der Waals surface area contributed by atoms with Crippen LogP contribution in [0.2, 0.25) is 0 Å². The highest BCUT2D eigenvalue weighted by Gasteiger charge is 2.28. The van der Waals surface area contributed by atoms with Crippen LogP contribution in [0.1, 0.15) is 18.2 Å². The summed E-state index contributed by atoms with van der Waals surface area (Å²) in [5, 5.41) is 5.73. The van der Waals surface area contributed by atoms with E-state index in [2.05, 4.69) is 10.6 Å². The standard InChI is InChI=1S/C17H19F3N2O3/c1-12(16(23)22-10-15-6-3-7-24-15)21-9-13-4-2-5-14(8-13)25-11-17(18,19)20/h2-8,12,21H,9-11H2,1H3,(H,22,23). The maximum atomic E-state index is 12.2.